The third kappa shape index (κ3) is 2.17. The lowest BCUT2D eigenvalue weighted by molar-refractivity contribution is 0.193. The van der Waals surface area contributed by atoms with Crippen LogP contribution in [0.2, 0.25) is 5.02 Å². The highest BCUT2D eigenvalue weighted by Gasteiger charge is 2.25. The Morgan fingerprint density at radius 1 is 1.38 bits per heavy atom. The smallest absolute Gasteiger partial charge is 0.234 e. The molecule has 1 fully saturated rings. The van der Waals surface area contributed by atoms with Gasteiger partial charge in [-0.2, -0.15) is 9.61 Å². The molecule has 3 heterocycles. The van der Waals surface area contributed by atoms with Crippen molar-refractivity contribution >= 4 is 33.6 Å². The monoisotopic (exact) mass is 321 g/mol. The Balaban J connectivity index is 1.80. The van der Waals surface area contributed by atoms with E-state index in [-0.39, 0.29) is 5.92 Å². The predicted octanol–water partition coefficient (Wildman–Crippen LogP) is 2.59. The molecule has 1 atom stereocenters. The van der Waals surface area contributed by atoms with Crippen molar-refractivity contribution in [1.29, 1.82) is 0 Å². The molecule has 2 aromatic heterocycles. The lowest BCUT2D eigenvalue weighted by Crippen LogP contribution is -2.04. The molecule has 4 rings (SSSR count). The van der Waals surface area contributed by atoms with Gasteiger partial charge in [-0.15, -0.1) is 10.2 Å². The van der Waals surface area contributed by atoms with Crippen LogP contribution in [0.25, 0.3) is 15.5 Å². The molecule has 0 saturated carbocycles. The van der Waals surface area contributed by atoms with Gasteiger partial charge >= 0.3 is 0 Å². The first-order valence-corrected chi connectivity index (χ1v) is 7.77. The molecule has 0 amide bonds. The van der Waals surface area contributed by atoms with Gasteiger partial charge in [0, 0.05) is 28.8 Å². The second kappa shape index (κ2) is 4.94. The summed E-state index contributed by atoms with van der Waals surface area (Å²) in [5.41, 5.74) is 7.49. The summed E-state index contributed by atoms with van der Waals surface area (Å²) in [7, 11) is 0. The number of nitrogens with zero attached hydrogens (tertiary/aromatic N) is 4. The molecule has 0 bridgehead atoms. The third-order valence-corrected chi connectivity index (χ3v) is 4.72. The van der Waals surface area contributed by atoms with Gasteiger partial charge in [-0.3, -0.25) is 0 Å². The van der Waals surface area contributed by atoms with E-state index in [0.29, 0.717) is 17.3 Å². The molecule has 1 saturated heterocycles. The predicted molar refractivity (Wildman–Crippen MR) is 81.7 cm³/mol. The van der Waals surface area contributed by atoms with Crippen LogP contribution >= 0.6 is 22.9 Å². The van der Waals surface area contributed by atoms with Crippen LogP contribution in [0.4, 0.5) is 5.69 Å². The maximum absolute atomic E-state index is 6.02. The lowest BCUT2D eigenvalue weighted by Gasteiger charge is -2.03. The summed E-state index contributed by atoms with van der Waals surface area (Å²) in [6.45, 7) is 1.44. The van der Waals surface area contributed by atoms with Gasteiger partial charge < -0.3 is 10.5 Å². The SMILES string of the molecule is Nc1cc(Cl)ccc1-c1nn2c(C3CCOC3)nnc2s1. The molecule has 0 spiro atoms. The van der Waals surface area contributed by atoms with Crippen LogP contribution in [0.3, 0.4) is 0 Å². The van der Waals surface area contributed by atoms with Crippen molar-refractivity contribution in [2.24, 2.45) is 0 Å². The molecular weight excluding hydrogens is 310 g/mol. The number of hydrogen-bond donors (Lipinski definition) is 1. The normalized spacial score (nSPS) is 18.6. The zero-order valence-electron chi connectivity index (χ0n) is 11.0. The number of nitrogens with two attached hydrogens (primary N) is 1. The number of anilines is 1. The molecule has 0 aliphatic carbocycles. The highest BCUT2D eigenvalue weighted by atomic mass is 35.5. The second-order valence-electron chi connectivity index (χ2n) is 4.95. The highest BCUT2D eigenvalue weighted by Crippen LogP contribution is 2.33. The first kappa shape index (κ1) is 13.0. The van der Waals surface area contributed by atoms with Crippen LogP contribution < -0.4 is 5.73 Å². The summed E-state index contributed by atoms with van der Waals surface area (Å²) < 4.78 is 7.21. The number of benzene rings is 1. The fourth-order valence-corrected chi connectivity index (χ4v) is 3.54. The number of ether oxygens (including phenoxy) is 1. The van der Waals surface area contributed by atoms with Gasteiger partial charge in [-0.1, -0.05) is 22.9 Å². The Morgan fingerprint density at radius 2 is 2.29 bits per heavy atom. The van der Waals surface area contributed by atoms with E-state index >= 15 is 0 Å². The number of fused-ring (bicyclic) bond motifs is 1. The van der Waals surface area contributed by atoms with Crippen molar-refractivity contribution in [1.82, 2.24) is 19.8 Å². The van der Waals surface area contributed by atoms with Crippen LogP contribution in [-0.2, 0) is 4.74 Å². The second-order valence-corrected chi connectivity index (χ2v) is 6.34. The van der Waals surface area contributed by atoms with E-state index in [9.17, 15) is 0 Å². The number of aromatic nitrogens is 4. The lowest BCUT2D eigenvalue weighted by atomic mass is 10.1. The van der Waals surface area contributed by atoms with Gasteiger partial charge in [0.1, 0.15) is 5.01 Å². The van der Waals surface area contributed by atoms with Gasteiger partial charge in [0.05, 0.1) is 6.61 Å². The molecule has 108 valence electrons. The average molecular weight is 322 g/mol. The van der Waals surface area contributed by atoms with Gasteiger partial charge in [0.25, 0.3) is 0 Å². The van der Waals surface area contributed by atoms with Gasteiger partial charge in [-0.05, 0) is 24.6 Å². The molecule has 21 heavy (non-hydrogen) atoms. The Hall–Kier alpha value is -1.70. The van der Waals surface area contributed by atoms with Crippen molar-refractivity contribution in [2.75, 3.05) is 18.9 Å². The molecule has 6 nitrogen and oxygen atoms in total. The van der Waals surface area contributed by atoms with Crippen LogP contribution in [0.5, 0.6) is 0 Å². The van der Waals surface area contributed by atoms with Gasteiger partial charge in [0.2, 0.25) is 4.96 Å². The standard InChI is InChI=1S/C13H12ClN5OS/c14-8-1-2-9(10(15)5-8)12-18-19-11(7-3-4-20-6-7)16-17-13(19)21-12/h1-2,5,7H,3-4,6,15H2. The molecule has 1 aromatic carbocycles. The summed E-state index contributed by atoms with van der Waals surface area (Å²) in [6.07, 6.45) is 0.955. The average Bonchev–Trinajstić information content (AvgIpc) is 3.13. The maximum Gasteiger partial charge on any atom is 0.234 e. The van der Waals surface area contributed by atoms with E-state index in [0.717, 1.165) is 34.4 Å². The minimum Gasteiger partial charge on any atom is -0.398 e. The zero-order valence-corrected chi connectivity index (χ0v) is 12.6. The van der Waals surface area contributed by atoms with Crippen LogP contribution in [-0.4, -0.2) is 33.0 Å². The molecule has 1 unspecified atom stereocenters. The van der Waals surface area contributed by atoms with Gasteiger partial charge in [-0.25, -0.2) is 0 Å². The van der Waals surface area contributed by atoms with Crippen molar-refractivity contribution < 1.29 is 4.74 Å². The van der Waals surface area contributed by atoms with Crippen molar-refractivity contribution in [3.05, 3.63) is 29.0 Å². The van der Waals surface area contributed by atoms with E-state index < -0.39 is 0 Å². The van der Waals surface area contributed by atoms with Crippen LogP contribution in [0.15, 0.2) is 18.2 Å². The first-order chi connectivity index (χ1) is 10.2. The maximum atomic E-state index is 6.02. The molecular formula is C13H12ClN5OS. The molecule has 3 aromatic rings. The minimum absolute atomic E-state index is 0.262. The van der Waals surface area contributed by atoms with Crippen molar-refractivity contribution in [2.45, 2.75) is 12.3 Å². The fourth-order valence-electron chi connectivity index (χ4n) is 2.46. The minimum atomic E-state index is 0.262. The number of hydrogen-bond acceptors (Lipinski definition) is 6. The molecule has 0 radical (unpaired) electrons. The largest absolute Gasteiger partial charge is 0.398 e. The summed E-state index contributed by atoms with van der Waals surface area (Å²) in [5, 5.41) is 14.5. The zero-order chi connectivity index (χ0) is 14.4. The number of nitrogen functional groups attached to an aromatic ring is 1. The Morgan fingerprint density at radius 3 is 3.05 bits per heavy atom. The summed E-state index contributed by atoms with van der Waals surface area (Å²) >= 11 is 7.40. The molecule has 1 aliphatic rings. The van der Waals surface area contributed by atoms with E-state index in [1.807, 2.05) is 6.07 Å². The van der Waals surface area contributed by atoms with E-state index in [2.05, 4.69) is 15.3 Å². The Bertz CT molecular complexity index is 808. The number of rotatable bonds is 2. The summed E-state index contributed by atoms with van der Waals surface area (Å²) in [6, 6.07) is 5.41. The summed E-state index contributed by atoms with van der Waals surface area (Å²) in [5.74, 6) is 1.12. The molecule has 8 heteroatoms. The Labute approximate surface area is 129 Å². The van der Waals surface area contributed by atoms with Crippen molar-refractivity contribution in [3.63, 3.8) is 0 Å². The highest BCUT2D eigenvalue weighted by molar-refractivity contribution is 7.19. The van der Waals surface area contributed by atoms with Crippen molar-refractivity contribution in [3.8, 4) is 10.6 Å². The fraction of sp³-hybridized carbons (Fsp3) is 0.308. The topological polar surface area (TPSA) is 78.3 Å². The quantitative estimate of drug-likeness (QED) is 0.734. The van der Waals surface area contributed by atoms with E-state index in [1.54, 1.807) is 16.6 Å². The van der Waals surface area contributed by atoms with E-state index in [4.69, 9.17) is 22.1 Å². The third-order valence-electron chi connectivity index (χ3n) is 3.55. The van der Waals surface area contributed by atoms with E-state index in [1.165, 1.54) is 11.3 Å². The molecule has 1 aliphatic heterocycles. The summed E-state index contributed by atoms with van der Waals surface area (Å²) in [4.78, 5) is 0.765. The number of halogens is 1. The Kier molecular flexibility index (Phi) is 3.06. The first-order valence-electron chi connectivity index (χ1n) is 6.57. The molecule has 2 N–H and O–H groups in total. The van der Waals surface area contributed by atoms with Crippen LogP contribution in [0, 0.1) is 0 Å². The van der Waals surface area contributed by atoms with Crippen LogP contribution in [0.1, 0.15) is 18.2 Å². The van der Waals surface area contributed by atoms with Gasteiger partial charge in [0.15, 0.2) is 5.82 Å².